The minimum absolute atomic E-state index is 0.430. The van der Waals surface area contributed by atoms with Crippen molar-refractivity contribution in [1.29, 1.82) is 0 Å². The number of methoxy groups -OCH3 is 1. The first-order valence-electron chi connectivity index (χ1n) is 9.44. The number of anilines is 2. The molecule has 5 nitrogen and oxygen atoms in total. The van der Waals surface area contributed by atoms with Crippen molar-refractivity contribution >= 4 is 11.4 Å². The van der Waals surface area contributed by atoms with Crippen LogP contribution in [0.4, 0.5) is 11.4 Å². The fraction of sp³-hybridized carbons (Fsp3) is 0.261. The van der Waals surface area contributed by atoms with Gasteiger partial charge in [-0.25, -0.2) is 0 Å². The number of nitrogens with one attached hydrogen (secondary N) is 1. The van der Waals surface area contributed by atoms with E-state index in [4.69, 9.17) is 14.2 Å². The third-order valence-electron chi connectivity index (χ3n) is 4.22. The second kappa shape index (κ2) is 9.88. The van der Waals surface area contributed by atoms with Gasteiger partial charge in [0.2, 0.25) is 6.29 Å². The fourth-order valence-corrected chi connectivity index (χ4v) is 2.89. The van der Waals surface area contributed by atoms with Gasteiger partial charge in [0.1, 0.15) is 5.75 Å². The molecule has 146 valence electrons. The summed E-state index contributed by atoms with van der Waals surface area (Å²) in [5.41, 5.74) is 4.87. The lowest BCUT2D eigenvalue weighted by Crippen LogP contribution is -2.10. The van der Waals surface area contributed by atoms with Gasteiger partial charge in [-0.05, 0) is 61.4 Å². The quantitative estimate of drug-likeness (QED) is 0.493. The zero-order valence-electron chi connectivity index (χ0n) is 16.5. The summed E-state index contributed by atoms with van der Waals surface area (Å²) in [6.45, 7) is 5.03. The highest BCUT2D eigenvalue weighted by Gasteiger charge is 2.12. The maximum absolute atomic E-state index is 5.59. The number of rotatable bonds is 9. The Morgan fingerprint density at radius 1 is 0.857 bits per heavy atom. The molecule has 3 aromatic rings. The number of benzene rings is 2. The molecule has 0 aliphatic carbocycles. The van der Waals surface area contributed by atoms with E-state index in [1.54, 1.807) is 13.3 Å². The van der Waals surface area contributed by atoms with Gasteiger partial charge in [0, 0.05) is 18.9 Å². The molecule has 28 heavy (non-hydrogen) atoms. The second-order valence-corrected chi connectivity index (χ2v) is 6.15. The monoisotopic (exact) mass is 378 g/mol. The highest BCUT2D eigenvalue weighted by Crippen LogP contribution is 2.27. The zero-order valence-corrected chi connectivity index (χ0v) is 16.5. The molecule has 0 saturated heterocycles. The Kier molecular flexibility index (Phi) is 7.00. The first-order valence-corrected chi connectivity index (χ1v) is 9.44. The van der Waals surface area contributed by atoms with Gasteiger partial charge in [-0.1, -0.05) is 24.3 Å². The summed E-state index contributed by atoms with van der Waals surface area (Å²) >= 11 is 0. The lowest BCUT2D eigenvalue weighted by atomic mass is 10.0. The molecule has 5 heteroatoms. The summed E-state index contributed by atoms with van der Waals surface area (Å²) in [4.78, 5) is 4.49. The summed E-state index contributed by atoms with van der Waals surface area (Å²) in [5.74, 6) is 0.841. The summed E-state index contributed by atoms with van der Waals surface area (Å²) in [6, 6.07) is 20.2. The van der Waals surface area contributed by atoms with Crippen LogP contribution in [-0.4, -0.2) is 25.3 Å². The molecule has 0 aliphatic heterocycles. The van der Waals surface area contributed by atoms with E-state index < -0.39 is 6.29 Å². The minimum Gasteiger partial charge on any atom is -0.497 e. The Balaban J connectivity index is 1.75. The van der Waals surface area contributed by atoms with Crippen LogP contribution >= 0.6 is 0 Å². The van der Waals surface area contributed by atoms with Crippen LogP contribution in [0.15, 0.2) is 66.9 Å². The number of aromatic nitrogens is 1. The largest absolute Gasteiger partial charge is 0.497 e. The van der Waals surface area contributed by atoms with Crippen LogP contribution in [0.25, 0.3) is 11.1 Å². The van der Waals surface area contributed by atoms with E-state index in [2.05, 4.69) is 28.5 Å². The molecule has 0 amide bonds. The summed E-state index contributed by atoms with van der Waals surface area (Å²) in [6.07, 6.45) is 1.36. The van der Waals surface area contributed by atoms with Crippen LogP contribution < -0.4 is 10.1 Å². The maximum atomic E-state index is 5.59. The van der Waals surface area contributed by atoms with E-state index >= 15 is 0 Å². The van der Waals surface area contributed by atoms with Crippen LogP contribution in [0.3, 0.4) is 0 Å². The van der Waals surface area contributed by atoms with Crippen LogP contribution in [0.1, 0.15) is 25.8 Å². The molecule has 0 atom stereocenters. The predicted octanol–water partition coefficient (Wildman–Crippen LogP) is 5.57. The SMILES string of the molecule is CCOC(OCC)c1ccc(Nc2cccc(-c3cccc(OC)c3)c2)cn1. The molecule has 0 unspecified atom stereocenters. The van der Waals surface area contributed by atoms with Crippen molar-refractivity contribution in [3.63, 3.8) is 0 Å². The van der Waals surface area contributed by atoms with Crippen LogP contribution in [0.5, 0.6) is 5.75 Å². The van der Waals surface area contributed by atoms with Crippen molar-refractivity contribution in [1.82, 2.24) is 4.98 Å². The lowest BCUT2D eigenvalue weighted by Gasteiger charge is -2.16. The standard InChI is InChI=1S/C23H26N2O3/c1-4-27-23(28-5-2)22-13-12-20(16-24-22)25-19-10-6-8-17(14-19)18-9-7-11-21(15-18)26-3/h6-16,23,25H,4-5H2,1-3H3. The molecule has 1 N–H and O–H groups in total. The summed E-state index contributed by atoms with van der Waals surface area (Å²) in [7, 11) is 1.68. The number of ether oxygens (including phenoxy) is 3. The number of hydrogen-bond donors (Lipinski definition) is 1. The van der Waals surface area contributed by atoms with Gasteiger partial charge < -0.3 is 19.5 Å². The van der Waals surface area contributed by atoms with Crippen molar-refractivity contribution < 1.29 is 14.2 Å². The molecule has 0 aliphatic rings. The van der Waals surface area contributed by atoms with Gasteiger partial charge in [0.05, 0.1) is 24.7 Å². The average Bonchev–Trinajstić information content (AvgIpc) is 2.74. The smallest absolute Gasteiger partial charge is 0.201 e. The van der Waals surface area contributed by atoms with Crippen molar-refractivity contribution in [3.8, 4) is 16.9 Å². The van der Waals surface area contributed by atoms with E-state index in [9.17, 15) is 0 Å². The number of hydrogen-bond acceptors (Lipinski definition) is 5. The van der Waals surface area contributed by atoms with Gasteiger partial charge in [-0.3, -0.25) is 4.98 Å². The topological polar surface area (TPSA) is 52.6 Å². The van der Waals surface area contributed by atoms with Gasteiger partial charge in [0.15, 0.2) is 0 Å². The van der Waals surface area contributed by atoms with Crippen molar-refractivity contribution in [2.75, 3.05) is 25.6 Å². The Labute approximate surface area is 166 Å². The lowest BCUT2D eigenvalue weighted by molar-refractivity contribution is -0.142. The second-order valence-electron chi connectivity index (χ2n) is 6.15. The molecule has 0 fully saturated rings. The minimum atomic E-state index is -0.430. The van der Waals surface area contributed by atoms with E-state index in [1.807, 2.05) is 56.3 Å². The third-order valence-corrected chi connectivity index (χ3v) is 4.22. The molecule has 0 saturated carbocycles. The third kappa shape index (κ3) is 5.09. The van der Waals surface area contributed by atoms with Crippen molar-refractivity contribution in [2.45, 2.75) is 20.1 Å². The van der Waals surface area contributed by atoms with Gasteiger partial charge in [-0.2, -0.15) is 0 Å². The van der Waals surface area contributed by atoms with Crippen LogP contribution in [0, 0.1) is 0 Å². The zero-order chi connectivity index (χ0) is 19.8. The summed E-state index contributed by atoms with van der Waals surface area (Å²) in [5, 5.41) is 3.40. The van der Waals surface area contributed by atoms with Gasteiger partial charge >= 0.3 is 0 Å². The summed E-state index contributed by atoms with van der Waals surface area (Å²) < 4.78 is 16.5. The fourth-order valence-electron chi connectivity index (χ4n) is 2.89. The Morgan fingerprint density at radius 3 is 2.21 bits per heavy atom. The van der Waals surface area contributed by atoms with Crippen molar-refractivity contribution in [2.24, 2.45) is 0 Å². The maximum Gasteiger partial charge on any atom is 0.201 e. The highest BCUT2D eigenvalue weighted by atomic mass is 16.7. The number of pyridine rings is 1. The molecule has 2 aromatic carbocycles. The average molecular weight is 378 g/mol. The van der Waals surface area contributed by atoms with E-state index in [0.717, 1.165) is 33.9 Å². The van der Waals surface area contributed by atoms with Crippen LogP contribution in [0.2, 0.25) is 0 Å². The molecule has 0 radical (unpaired) electrons. The molecule has 0 spiro atoms. The number of nitrogens with zero attached hydrogens (tertiary/aromatic N) is 1. The molecule has 1 aromatic heterocycles. The molecule has 3 rings (SSSR count). The first kappa shape index (κ1) is 19.9. The van der Waals surface area contributed by atoms with E-state index in [0.29, 0.717) is 13.2 Å². The molecular weight excluding hydrogens is 352 g/mol. The first-order chi connectivity index (χ1) is 13.7. The van der Waals surface area contributed by atoms with E-state index in [1.165, 1.54) is 0 Å². The Hall–Kier alpha value is -2.89. The van der Waals surface area contributed by atoms with Gasteiger partial charge in [-0.15, -0.1) is 0 Å². The van der Waals surface area contributed by atoms with E-state index in [-0.39, 0.29) is 0 Å². The van der Waals surface area contributed by atoms with Gasteiger partial charge in [0.25, 0.3) is 0 Å². The molecule has 1 heterocycles. The Bertz CT molecular complexity index is 875. The van der Waals surface area contributed by atoms with Crippen molar-refractivity contribution in [3.05, 3.63) is 72.6 Å². The normalized spacial score (nSPS) is 10.9. The molecular formula is C23H26N2O3. The van der Waals surface area contributed by atoms with Crippen LogP contribution in [-0.2, 0) is 9.47 Å². The highest BCUT2D eigenvalue weighted by molar-refractivity contribution is 5.71. The molecule has 0 bridgehead atoms. The Morgan fingerprint density at radius 2 is 1.57 bits per heavy atom. The predicted molar refractivity (Wildman–Crippen MR) is 112 cm³/mol.